The number of alkyl halides is 3. The number of hydrogen-bond acceptors (Lipinski definition) is 3. The van der Waals surface area contributed by atoms with Crippen molar-refractivity contribution in [3.05, 3.63) is 59.7 Å². The zero-order valence-electron chi connectivity index (χ0n) is 10.0. The molecule has 21 heavy (non-hydrogen) atoms. The molecule has 0 aliphatic carbocycles. The number of nitrogens with two attached hydrogens (primary N) is 1. The monoisotopic (exact) mass is 307 g/mol. The van der Waals surface area contributed by atoms with Crippen LogP contribution in [0, 0.1) is 11.8 Å². The maximum atomic E-state index is 11.9. The van der Waals surface area contributed by atoms with Crippen LogP contribution in [0.3, 0.4) is 0 Å². The predicted molar refractivity (Wildman–Crippen MR) is 68.0 cm³/mol. The first-order valence-electron chi connectivity index (χ1n) is 5.33. The van der Waals surface area contributed by atoms with Crippen molar-refractivity contribution in [1.82, 2.24) is 9.97 Å². The van der Waals surface area contributed by atoms with Crippen molar-refractivity contribution in [3.63, 3.8) is 0 Å². The Kier molecular flexibility index (Phi) is 7.43. The van der Waals surface area contributed by atoms with Gasteiger partial charge in [-0.05, 0) is 23.8 Å². The van der Waals surface area contributed by atoms with E-state index in [1.54, 1.807) is 0 Å². The first kappa shape index (κ1) is 18.9. The van der Waals surface area contributed by atoms with Crippen LogP contribution in [0.5, 0.6) is 0 Å². The minimum absolute atomic E-state index is 0. The number of aromatic nitrogens is 2. The summed E-state index contributed by atoms with van der Waals surface area (Å²) in [4.78, 5) is 6.25. The van der Waals surface area contributed by atoms with E-state index in [0.29, 0.717) is 5.56 Å². The van der Waals surface area contributed by atoms with E-state index in [4.69, 9.17) is 5.73 Å². The van der Waals surface area contributed by atoms with Crippen molar-refractivity contribution in [2.45, 2.75) is 20.1 Å². The van der Waals surface area contributed by atoms with Gasteiger partial charge in [-0.1, -0.05) is 13.5 Å². The van der Waals surface area contributed by atoms with Crippen LogP contribution in [-0.2, 0) is 12.7 Å². The summed E-state index contributed by atoms with van der Waals surface area (Å²) < 4.78 is 59.5. The molecular formula is C13H14F5N3. The van der Waals surface area contributed by atoms with E-state index in [1.807, 2.05) is 0 Å². The highest BCUT2D eigenvalue weighted by atomic mass is 19.4. The largest absolute Gasteiger partial charge is 0.433 e. The zero-order chi connectivity index (χ0) is 15.2. The van der Waals surface area contributed by atoms with Crippen LogP contribution >= 0.6 is 0 Å². The quantitative estimate of drug-likeness (QED) is 0.647. The van der Waals surface area contributed by atoms with Gasteiger partial charge in [0.05, 0.1) is 0 Å². The lowest BCUT2D eigenvalue weighted by atomic mass is 10.2. The highest BCUT2D eigenvalue weighted by Gasteiger charge is 2.31. The fraction of sp³-hybridized carbons (Fsp3) is 0.231. The van der Waals surface area contributed by atoms with Gasteiger partial charge in [0.25, 0.3) is 0 Å². The van der Waals surface area contributed by atoms with Crippen LogP contribution in [0.4, 0.5) is 22.0 Å². The average molecular weight is 307 g/mol. The normalized spacial score (nSPS) is 10.2. The van der Waals surface area contributed by atoms with E-state index >= 15 is 0 Å². The van der Waals surface area contributed by atoms with E-state index in [9.17, 15) is 22.0 Å². The SMILES string of the molecule is C.Fc1cccnc1F.NCc1ccc(C(F)(F)F)nc1. The number of pyridine rings is 2. The fourth-order valence-electron chi connectivity index (χ4n) is 1.08. The van der Waals surface area contributed by atoms with E-state index in [0.717, 1.165) is 18.3 Å². The molecular weight excluding hydrogens is 293 g/mol. The van der Waals surface area contributed by atoms with Gasteiger partial charge < -0.3 is 5.73 Å². The lowest BCUT2D eigenvalue weighted by Gasteiger charge is -2.04. The lowest BCUT2D eigenvalue weighted by Crippen LogP contribution is -2.08. The van der Waals surface area contributed by atoms with Gasteiger partial charge in [-0.15, -0.1) is 0 Å². The summed E-state index contributed by atoms with van der Waals surface area (Å²) in [5.41, 5.74) is 4.88. The summed E-state index contributed by atoms with van der Waals surface area (Å²) in [7, 11) is 0. The van der Waals surface area contributed by atoms with Crippen LogP contribution in [0.25, 0.3) is 0 Å². The zero-order valence-corrected chi connectivity index (χ0v) is 10.0. The third-order valence-corrected chi connectivity index (χ3v) is 2.06. The molecule has 2 rings (SSSR count). The molecule has 116 valence electrons. The van der Waals surface area contributed by atoms with E-state index in [-0.39, 0.29) is 14.0 Å². The fourth-order valence-corrected chi connectivity index (χ4v) is 1.08. The summed E-state index contributed by atoms with van der Waals surface area (Å²) in [6.45, 7) is 0.200. The van der Waals surface area contributed by atoms with Gasteiger partial charge in [0.2, 0.25) is 5.95 Å². The second-order valence-corrected chi connectivity index (χ2v) is 3.53. The molecule has 0 fully saturated rings. The Morgan fingerprint density at radius 3 is 2.05 bits per heavy atom. The number of hydrogen-bond donors (Lipinski definition) is 1. The van der Waals surface area contributed by atoms with Crippen LogP contribution in [0.2, 0.25) is 0 Å². The molecule has 0 aliphatic rings. The van der Waals surface area contributed by atoms with E-state index < -0.39 is 23.6 Å². The molecule has 0 bridgehead atoms. The molecule has 2 aromatic rings. The van der Waals surface area contributed by atoms with E-state index in [2.05, 4.69) is 9.97 Å². The molecule has 8 heteroatoms. The highest BCUT2D eigenvalue weighted by Crippen LogP contribution is 2.26. The van der Waals surface area contributed by atoms with Gasteiger partial charge in [0.1, 0.15) is 5.69 Å². The van der Waals surface area contributed by atoms with Gasteiger partial charge >= 0.3 is 6.18 Å². The third kappa shape index (κ3) is 6.26. The standard InChI is InChI=1S/C7H7F3N2.C5H3F2N.CH4/c8-7(9,10)6-2-1-5(3-11)4-12-6;6-4-2-1-3-8-5(4)7;/h1-2,4H,3,11H2;1-3H;1H4. The Morgan fingerprint density at radius 2 is 1.71 bits per heavy atom. The van der Waals surface area contributed by atoms with Crippen molar-refractivity contribution >= 4 is 0 Å². The lowest BCUT2D eigenvalue weighted by molar-refractivity contribution is -0.141. The van der Waals surface area contributed by atoms with Crippen LogP contribution in [-0.4, -0.2) is 9.97 Å². The van der Waals surface area contributed by atoms with Crippen molar-refractivity contribution in [2.75, 3.05) is 0 Å². The molecule has 2 aromatic heterocycles. The number of halogens is 5. The van der Waals surface area contributed by atoms with Crippen molar-refractivity contribution in [3.8, 4) is 0 Å². The van der Waals surface area contributed by atoms with Gasteiger partial charge in [-0.25, -0.2) is 9.37 Å². The molecule has 3 nitrogen and oxygen atoms in total. The molecule has 0 aliphatic heterocycles. The van der Waals surface area contributed by atoms with Gasteiger partial charge in [-0.2, -0.15) is 17.6 Å². The van der Waals surface area contributed by atoms with Crippen LogP contribution in [0.1, 0.15) is 18.7 Å². The van der Waals surface area contributed by atoms with Gasteiger partial charge in [0.15, 0.2) is 5.82 Å². The first-order chi connectivity index (χ1) is 9.34. The van der Waals surface area contributed by atoms with Gasteiger partial charge in [-0.3, -0.25) is 4.98 Å². The average Bonchev–Trinajstić information content (AvgIpc) is 2.42. The molecule has 0 radical (unpaired) electrons. The molecule has 0 saturated carbocycles. The molecule has 0 aromatic carbocycles. The minimum atomic E-state index is -4.37. The van der Waals surface area contributed by atoms with E-state index in [1.165, 1.54) is 18.3 Å². The van der Waals surface area contributed by atoms with Crippen LogP contribution in [0.15, 0.2) is 36.7 Å². The minimum Gasteiger partial charge on any atom is -0.326 e. The Hall–Kier alpha value is -2.09. The topological polar surface area (TPSA) is 51.8 Å². The van der Waals surface area contributed by atoms with Gasteiger partial charge in [0, 0.05) is 18.9 Å². The molecule has 0 saturated heterocycles. The molecule has 0 atom stereocenters. The summed E-state index contributed by atoms with van der Waals surface area (Å²) in [5, 5.41) is 0. The predicted octanol–water partition coefficient (Wildman–Crippen LogP) is 3.56. The Morgan fingerprint density at radius 1 is 1.05 bits per heavy atom. The van der Waals surface area contributed by atoms with Crippen LogP contribution < -0.4 is 5.73 Å². The maximum absolute atomic E-state index is 11.9. The smallest absolute Gasteiger partial charge is 0.326 e. The summed E-state index contributed by atoms with van der Waals surface area (Å²) >= 11 is 0. The Balaban J connectivity index is 0.000000390. The Bertz CT molecular complexity index is 519. The van der Waals surface area contributed by atoms with Crippen molar-refractivity contribution in [1.29, 1.82) is 0 Å². The summed E-state index contributed by atoms with van der Waals surface area (Å²) in [6.07, 6.45) is -2.05. The second kappa shape index (κ2) is 8.25. The third-order valence-electron chi connectivity index (χ3n) is 2.06. The highest BCUT2D eigenvalue weighted by molar-refractivity contribution is 5.15. The first-order valence-corrected chi connectivity index (χ1v) is 5.33. The molecule has 2 heterocycles. The number of rotatable bonds is 1. The summed E-state index contributed by atoms with van der Waals surface area (Å²) in [6, 6.07) is 4.58. The molecule has 0 unspecified atom stereocenters. The molecule has 0 spiro atoms. The summed E-state index contributed by atoms with van der Waals surface area (Å²) in [5.74, 6) is -1.96. The maximum Gasteiger partial charge on any atom is 0.433 e. The number of nitrogens with zero attached hydrogens (tertiary/aromatic N) is 2. The van der Waals surface area contributed by atoms with Crippen molar-refractivity contribution < 1.29 is 22.0 Å². The second-order valence-electron chi connectivity index (χ2n) is 3.53. The Labute approximate surface area is 118 Å². The molecule has 2 N–H and O–H groups in total. The van der Waals surface area contributed by atoms with Crippen molar-refractivity contribution in [2.24, 2.45) is 5.73 Å². The molecule has 0 amide bonds.